The van der Waals surface area contributed by atoms with Gasteiger partial charge in [-0.05, 0) is 24.3 Å². The minimum absolute atomic E-state index is 0.196. The van der Waals surface area contributed by atoms with Crippen molar-refractivity contribution >= 4 is 22.4 Å². The van der Waals surface area contributed by atoms with Gasteiger partial charge in [-0.15, -0.1) is 0 Å². The zero-order valence-corrected chi connectivity index (χ0v) is 15.9. The van der Waals surface area contributed by atoms with Gasteiger partial charge in [0, 0.05) is 34.3 Å². The Morgan fingerprint density at radius 2 is 1.83 bits per heavy atom. The van der Waals surface area contributed by atoms with E-state index in [4.69, 9.17) is 11.6 Å². The molecule has 6 nitrogen and oxygen atoms in total. The molecule has 0 aliphatic heterocycles. The molecule has 0 fully saturated rings. The van der Waals surface area contributed by atoms with Crippen molar-refractivity contribution in [1.29, 1.82) is 0 Å². The van der Waals surface area contributed by atoms with E-state index in [1.54, 1.807) is 52.4 Å². The minimum Gasteiger partial charge on any atom is -0.287 e. The maximum Gasteiger partial charge on any atom is 0.209 e. The van der Waals surface area contributed by atoms with Crippen LogP contribution in [0.2, 0.25) is 5.02 Å². The molecule has 0 spiro atoms. The first-order valence-electron chi connectivity index (χ1n) is 8.94. The van der Waals surface area contributed by atoms with E-state index in [1.165, 1.54) is 6.07 Å². The Balaban J connectivity index is 1.69. The van der Waals surface area contributed by atoms with E-state index >= 15 is 0 Å². The summed E-state index contributed by atoms with van der Waals surface area (Å²) in [7, 11) is 0. The fourth-order valence-electron chi connectivity index (χ4n) is 3.30. The molecule has 0 atom stereocenters. The summed E-state index contributed by atoms with van der Waals surface area (Å²) < 4.78 is 3.32. The molecule has 0 saturated carbocycles. The zero-order chi connectivity index (χ0) is 19.8. The number of nitrogens with zero attached hydrogens (tertiary/aromatic N) is 5. The molecule has 0 radical (unpaired) electrons. The second-order valence-corrected chi connectivity index (χ2v) is 6.90. The molecule has 3 aromatic heterocycles. The van der Waals surface area contributed by atoms with Crippen molar-refractivity contribution in [2.75, 3.05) is 0 Å². The summed E-state index contributed by atoms with van der Waals surface area (Å²) in [5.74, 6) is 0. The van der Waals surface area contributed by atoms with Gasteiger partial charge in [0.2, 0.25) is 5.43 Å². The number of aromatic nitrogens is 5. The van der Waals surface area contributed by atoms with E-state index in [9.17, 15) is 4.79 Å². The number of pyridine rings is 1. The monoisotopic (exact) mass is 399 g/mol. The minimum atomic E-state index is -0.196. The summed E-state index contributed by atoms with van der Waals surface area (Å²) in [6.45, 7) is 0. The van der Waals surface area contributed by atoms with Crippen LogP contribution in [0.3, 0.4) is 0 Å². The van der Waals surface area contributed by atoms with Crippen molar-refractivity contribution in [1.82, 2.24) is 24.5 Å². The van der Waals surface area contributed by atoms with Crippen molar-refractivity contribution < 1.29 is 0 Å². The van der Waals surface area contributed by atoms with Gasteiger partial charge >= 0.3 is 0 Å². The van der Waals surface area contributed by atoms with Crippen molar-refractivity contribution in [3.63, 3.8) is 0 Å². The molecule has 2 aromatic carbocycles. The Morgan fingerprint density at radius 1 is 0.931 bits per heavy atom. The highest BCUT2D eigenvalue weighted by atomic mass is 35.5. The van der Waals surface area contributed by atoms with Crippen LogP contribution in [0, 0.1) is 0 Å². The van der Waals surface area contributed by atoms with E-state index < -0.39 is 0 Å². The third-order valence-electron chi connectivity index (χ3n) is 4.64. The molecule has 0 N–H and O–H groups in total. The largest absolute Gasteiger partial charge is 0.287 e. The molecule has 0 aliphatic carbocycles. The maximum atomic E-state index is 12.7. The number of fused-ring (bicyclic) bond motifs is 1. The highest BCUT2D eigenvalue weighted by Gasteiger charge is 2.14. The lowest BCUT2D eigenvalue weighted by molar-refractivity contribution is 0.824. The zero-order valence-electron chi connectivity index (χ0n) is 15.1. The molecular formula is C22H14ClN5O. The Labute approximate surface area is 170 Å². The van der Waals surface area contributed by atoms with Gasteiger partial charge in [-0.25, -0.2) is 9.36 Å². The highest BCUT2D eigenvalue weighted by Crippen LogP contribution is 2.23. The third kappa shape index (κ3) is 3.09. The van der Waals surface area contributed by atoms with Crippen molar-refractivity contribution in [2.24, 2.45) is 0 Å². The molecular weight excluding hydrogens is 386 g/mol. The molecule has 0 amide bonds. The van der Waals surface area contributed by atoms with Crippen LogP contribution < -0.4 is 5.43 Å². The average molecular weight is 400 g/mol. The molecule has 140 valence electrons. The summed E-state index contributed by atoms with van der Waals surface area (Å²) in [4.78, 5) is 17.0. The Bertz CT molecular complexity index is 1400. The van der Waals surface area contributed by atoms with Crippen molar-refractivity contribution in [3.05, 3.63) is 101 Å². The molecule has 5 rings (SSSR count). The van der Waals surface area contributed by atoms with Crippen LogP contribution in [0.5, 0.6) is 0 Å². The van der Waals surface area contributed by atoms with E-state index in [-0.39, 0.29) is 11.1 Å². The Kier molecular flexibility index (Phi) is 4.18. The van der Waals surface area contributed by atoms with Crippen molar-refractivity contribution in [2.45, 2.75) is 0 Å². The van der Waals surface area contributed by atoms with Crippen LogP contribution in [-0.2, 0) is 0 Å². The van der Waals surface area contributed by atoms with Gasteiger partial charge in [-0.2, -0.15) is 10.2 Å². The highest BCUT2D eigenvalue weighted by molar-refractivity contribution is 6.30. The summed E-state index contributed by atoms with van der Waals surface area (Å²) >= 11 is 6.12. The maximum absolute atomic E-state index is 12.7. The fraction of sp³-hybridized carbons (Fsp3) is 0. The van der Waals surface area contributed by atoms with Crippen LogP contribution in [0.15, 0.2) is 90.2 Å². The van der Waals surface area contributed by atoms with Crippen LogP contribution in [-0.4, -0.2) is 24.5 Å². The van der Waals surface area contributed by atoms with E-state index in [0.717, 1.165) is 22.1 Å². The molecule has 0 unspecified atom stereocenters. The van der Waals surface area contributed by atoms with Gasteiger partial charge in [-0.1, -0.05) is 41.9 Å². The van der Waals surface area contributed by atoms with Crippen LogP contribution >= 0.6 is 11.6 Å². The number of halogens is 1. The van der Waals surface area contributed by atoms with Gasteiger partial charge < -0.3 is 0 Å². The van der Waals surface area contributed by atoms with Gasteiger partial charge in [0.05, 0.1) is 29.5 Å². The molecule has 0 aliphatic rings. The predicted octanol–water partition coefficient (Wildman–Crippen LogP) is 4.29. The van der Waals surface area contributed by atoms with Crippen molar-refractivity contribution in [3.8, 4) is 22.8 Å². The second kappa shape index (κ2) is 7.00. The van der Waals surface area contributed by atoms with Gasteiger partial charge in [0.1, 0.15) is 0 Å². The summed E-state index contributed by atoms with van der Waals surface area (Å²) in [5.41, 5.74) is 2.22. The smallest absolute Gasteiger partial charge is 0.209 e. The summed E-state index contributed by atoms with van der Waals surface area (Å²) in [6, 6.07) is 18.5. The van der Waals surface area contributed by atoms with E-state index in [0.29, 0.717) is 10.7 Å². The van der Waals surface area contributed by atoms with E-state index in [2.05, 4.69) is 15.2 Å². The number of hydrogen-bond donors (Lipinski definition) is 0. The first-order chi connectivity index (χ1) is 14.2. The third-order valence-corrected chi connectivity index (χ3v) is 4.88. The molecule has 7 heteroatoms. The molecule has 5 aromatic rings. The standard InChI is InChI=1S/C22H14ClN5O/c23-16-5-3-6-17(12-16)28-19(8-10-25-28)22-21(29)9-11-27(26-22)20-14-24-13-15-4-1-2-7-18(15)20/h1-14H. The molecule has 0 bridgehead atoms. The Morgan fingerprint density at radius 3 is 2.72 bits per heavy atom. The van der Waals surface area contributed by atoms with Crippen LogP contribution in [0.4, 0.5) is 0 Å². The van der Waals surface area contributed by atoms with Crippen LogP contribution in [0.25, 0.3) is 33.5 Å². The first-order valence-corrected chi connectivity index (χ1v) is 9.32. The lowest BCUT2D eigenvalue weighted by Crippen LogP contribution is -2.15. The number of hydrogen-bond acceptors (Lipinski definition) is 4. The normalized spacial score (nSPS) is 11.1. The van der Waals surface area contributed by atoms with Gasteiger partial charge in [0.25, 0.3) is 0 Å². The predicted molar refractivity (Wildman–Crippen MR) is 113 cm³/mol. The molecule has 3 heterocycles. The molecule has 0 saturated heterocycles. The summed E-state index contributed by atoms with van der Waals surface area (Å²) in [5, 5.41) is 11.5. The lowest BCUT2D eigenvalue weighted by atomic mass is 10.1. The number of rotatable bonds is 3. The van der Waals surface area contributed by atoms with E-state index in [1.807, 2.05) is 36.4 Å². The Hall–Kier alpha value is -3.77. The lowest BCUT2D eigenvalue weighted by Gasteiger charge is -2.11. The average Bonchev–Trinajstić information content (AvgIpc) is 3.23. The first kappa shape index (κ1) is 17.3. The second-order valence-electron chi connectivity index (χ2n) is 6.46. The van der Waals surface area contributed by atoms with Gasteiger partial charge in [0.15, 0.2) is 5.69 Å². The SMILES string of the molecule is O=c1ccn(-c2cncc3ccccc23)nc1-c1ccnn1-c1cccc(Cl)c1. The fourth-order valence-corrected chi connectivity index (χ4v) is 3.48. The number of benzene rings is 2. The summed E-state index contributed by atoms with van der Waals surface area (Å²) in [6.07, 6.45) is 6.82. The van der Waals surface area contributed by atoms with Gasteiger partial charge in [-0.3, -0.25) is 9.78 Å². The quantitative estimate of drug-likeness (QED) is 0.454. The molecule has 29 heavy (non-hydrogen) atoms. The topological polar surface area (TPSA) is 65.6 Å². The van der Waals surface area contributed by atoms with Crippen LogP contribution in [0.1, 0.15) is 0 Å².